The second-order valence-electron chi connectivity index (χ2n) is 4.17. The minimum Gasteiger partial charge on any atom is -0.348 e. The maximum absolute atomic E-state index is 11.8. The van der Waals surface area contributed by atoms with E-state index >= 15 is 0 Å². The van der Waals surface area contributed by atoms with Crippen molar-refractivity contribution >= 4 is 23.2 Å². The maximum atomic E-state index is 11.8. The zero-order chi connectivity index (χ0) is 12.8. The van der Waals surface area contributed by atoms with E-state index in [0.717, 1.165) is 25.9 Å². The Balaban J connectivity index is 1.80. The lowest BCUT2D eigenvalue weighted by Gasteiger charge is -2.29. The number of thiocarbonyl (C=S) groups is 1. The molecule has 1 aliphatic heterocycles. The van der Waals surface area contributed by atoms with Gasteiger partial charge in [0.05, 0.1) is 0 Å². The molecule has 96 valence electrons. The summed E-state index contributed by atoms with van der Waals surface area (Å²) in [7, 11) is 0. The van der Waals surface area contributed by atoms with E-state index in [1.165, 1.54) is 6.42 Å². The van der Waals surface area contributed by atoms with Crippen LogP contribution in [0.2, 0.25) is 0 Å². The van der Waals surface area contributed by atoms with Gasteiger partial charge in [0.15, 0.2) is 5.11 Å². The molecule has 0 aromatic carbocycles. The Kier molecular flexibility index (Phi) is 4.46. The zero-order valence-electron chi connectivity index (χ0n) is 10.1. The van der Waals surface area contributed by atoms with Crippen LogP contribution in [0.25, 0.3) is 0 Å². The molecule has 1 aromatic heterocycles. The molecule has 1 saturated heterocycles. The van der Waals surface area contributed by atoms with Crippen molar-refractivity contribution in [1.29, 1.82) is 0 Å². The van der Waals surface area contributed by atoms with Gasteiger partial charge in [0.1, 0.15) is 0 Å². The Labute approximate surface area is 112 Å². The number of likely N-dealkylation sites (tertiary alicyclic amines) is 1. The third kappa shape index (κ3) is 3.40. The molecule has 1 fully saturated rings. The van der Waals surface area contributed by atoms with E-state index in [4.69, 9.17) is 12.2 Å². The first-order valence-corrected chi connectivity index (χ1v) is 6.43. The fourth-order valence-electron chi connectivity index (χ4n) is 1.86. The Hall–Kier alpha value is -1.69. The normalized spacial score (nSPS) is 15.0. The van der Waals surface area contributed by atoms with Crippen LogP contribution in [-0.4, -0.2) is 34.0 Å². The van der Waals surface area contributed by atoms with Crippen molar-refractivity contribution in [3.8, 4) is 0 Å². The average molecular weight is 264 g/mol. The first-order valence-electron chi connectivity index (χ1n) is 6.02. The SMILES string of the molecule is O=C(NNC(=S)N1CCCCC1)c1ccncc1. The number of nitrogens with zero attached hydrogens (tertiary/aromatic N) is 2. The van der Waals surface area contributed by atoms with Crippen LogP contribution in [0, 0.1) is 0 Å². The van der Waals surface area contributed by atoms with Crippen molar-refractivity contribution in [1.82, 2.24) is 20.7 Å². The summed E-state index contributed by atoms with van der Waals surface area (Å²) < 4.78 is 0. The van der Waals surface area contributed by atoms with Crippen molar-refractivity contribution in [3.05, 3.63) is 30.1 Å². The number of aromatic nitrogens is 1. The molecule has 1 aromatic rings. The minimum atomic E-state index is -0.211. The van der Waals surface area contributed by atoms with Crippen LogP contribution >= 0.6 is 12.2 Å². The van der Waals surface area contributed by atoms with Gasteiger partial charge in [0, 0.05) is 31.0 Å². The summed E-state index contributed by atoms with van der Waals surface area (Å²) in [5, 5.41) is 0.581. The molecular formula is C12H16N4OS. The number of carbonyl (C=O) groups is 1. The van der Waals surface area contributed by atoms with Gasteiger partial charge in [-0.25, -0.2) is 0 Å². The Morgan fingerprint density at radius 1 is 1.17 bits per heavy atom. The number of hydrogen-bond donors (Lipinski definition) is 2. The molecule has 1 amide bonds. The van der Waals surface area contributed by atoms with E-state index in [-0.39, 0.29) is 5.91 Å². The van der Waals surface area contributed by atoms with Crippen LogP contribution in [-0.2, 0) is 0 Å². The number of carbonyl (C=O) groups excluding carboxylic acids is 1. The third-order valence-corrected chi connectivity index (χ3v) is 3.23. The number of pyridine rings is 1. The molecule has 0 unspecified atom stereocenters. The fraction of sp³-hybridized carbons (Fsp3) is 0.417. The van der Waals surface area contributed by atoms with E-state index in [2.05, 4.69) is 20.7 Å². The predicted octanol–water partition coefficient (Wildman–Crippen LogP) is 1.09. The first kappa shape index (κ1) is 12.8. The van der Waals surface area contributed by atoms with Gasteiger partial charge in [-0.1, -0.05) is 0 Å². The topological polar surface area (TPSA) is 57.3 Å². The lowest BCUT2D eigenvalue weighted by Crippen LogP contribution is -2.50. The maximum Gasteiger partial charge on any atom is 0.269 e. The van der Waals surface area contributed by atoms with Crippen LogP contribution in [0.1, 0.15) is 29.6 Å². The summed E-state index contributed by atoms with van der Waals surface area (Å²) in [5.74, 6) is -0.211. The third-order valence-electron chi connectivity index (χ3n) is 2.87. The molecular weight excluding hydrogens is 248 g/mol. The minimum absolute atomic E-state index is 0.211. The summed E-state index contributed by atoms with van der Waals surface area (Å²) in [6, 6.07) is 3.31. The molecule has 1 aliphatic rings. The summed E-state index contributed by atoms with van der Waals surface area (Å²) in [6.07, 6.45) is 6.72. The monoisotopic (exact) mass is 264 g/mol. The van der Waals surface area contributed by atoms with Crippen LogP contribution in [0.5, 0.6) is 0 Å². The van der Waals surface area contributed by atoms with Crippen molar-refractivity contribution in [3.63, 3.8) is 0 Å². The van der Waals surface area contributed by atoms with Crippen molar-refractivity contribution in [2.75, 3.05) is 13.1 Å². The van der Waals surface area contributed by atoms with Crippen LogP contribution < -0.4 is 10.9 Å². The molecule has 0 radical (unpaired) electrons. The number of rotatable bonds is 1. The van der Waals surface area contributed by atoms with Crippen molar-refractivity contribution in [2.24, 2.45) is 0 Å². The molecule has 2 rings (SSSR count). The molecule has 18 heavy (non-hydrogen) atoms. The summed E-state index contributed by atoms with van der Waals surface area (Å²) >= 11 is 5.23. The van der Waals surface area contributed by atoms with Crippen LogP contribution in [0.4, 0.5) is 0 Å². The van der Waals surface area contributed by atoms with Gasteiger partial charge in [-0.15, -0.1) is 0 Å². The molecule has 2 heterocycles. The van der Waals surface area contributed by atoms with Gasteiger partial charge in [-0.3, -0.25) is 20.6 Å². The van der Waals surface area contributed by atoms with Gasteiger partial charge in [0.25, 0.3) is 5.91 Å². The highest BCUT2D eigenvalue weighted by atomic mass is 32.1. The smallest absolute Gasteiger partial charge is 0.269 e. The van der Waals surface area contributed by atoms with E-state index in [1.807, 2.05) is 0 Å². The molecule has 5 nitrogen and oxygen atoms in total. The molecule has 0 atom stereocenters. The summed E-state index contributed by atoms with van der Waals surface area (Å²) in [5.41, 5.74) is 5.94. The molecule has 6 heteroatoms. The van der Waals surface area contributed by atoms with Gasteiger partial charge < -0.3 is 4.90 Å². The lowest BCUT2D eigenvalue weighted by atomic mass is 10.1. The molecule has 2 N–H and O–H groups in total. The van der Waals surface area contributed by atoms with Crippen molar-refractivity contribution in [2.45, 2.75) is 19.3 Å². The fourth-order valence-corrected chi connectivity index (χ4v) is 2.10. The second kappa shape index (κ2) is 6.30. The Bertz CT molecular complexity index is 417. The zero-order valence-corrected chi connectivity index (χ0v) is 10.9. The number of hydrazine groups is 1. The summed E-state index contributed by atoms with van der Waals surface area (Å²) in [4.78, 5) is 17.7. The van der Waals surface area contributed by atoms with E-state index < -0.39 is 0 Å². The van der Waals surface area contributed by atoms with E-state index in [9.17, 15) is 4.79 Å². The molecule has 0 spiro atoms. The van der Waals surface area contributed by atoms with Crippen LogP contribution in [0.15, 0.2) is 24.5 Å². The van der Waals surface area contributed by atoms with Gasteiger partial charge in [-0.2, -0.15) is 0 Å². The van der Waals surface area contributed by atoms with Gasteiger partial charge in [-0.05, 0) is 43.6 Å². The quantitative estimate of drug-likeness (QED) is 0.587. The highest BCUT2D eigenvalue weighted by Crippen LogP contribution is 2.08. The summed E-state index contributed by atoms with van der Waals surface area (Å²) in [6.45, 7) is 1.91. The molecule has 0 saturated carbocycles. The largest absolute Gasteiger partial charge is 0.348 e. The standard InChI is InChI=1S/C12H16N4OS/c17-11(10-4-6-13-7-5-10)14-15-12(18)16-8-2-1-3-9-16/h4-7H,1-3,8-9H2,(H,14,17)(H,15,18). The Morgan fingerprint density at radius 3 is 2.50 bits per heavy atom. The second-order valence-corrected chi connectivity index (χ2v) is 4.55. The van der Waals surface area contributed by atoms with Crippen LogP contribution in [0.3, 0.4) is 0 Å². The van der Waals surface area contributed by atoms with Crippen molar-refractivity contribution < 1.29 is 4.79 Å². The number of nitrogens with one attached hydrogen (secondary N) is 2. The lowest BCUT2D eigenvalue weighted by molar-refractivity contribution is 0.0941. The molecule has 0 bridgehead atoms. The highest BCUT2D eigenvalue weighted by Gasteiger charge is 2.13. The first-order chi connectivity index (χ1) is 8.77. The number of piperidine rings is 1. The van der Waals surface area contributed by atoms with Gasteiger partial charge in [0.2, 0.25) is 0 Å². The number of hydrogen-bond acceptors (Lipinski definition) is 3. The number of amides is 1. The molecule has 0 aliphatic carbocycles. The average Bonchev–Trinajstić information content (AvgIpc) is 2.46. The Morgan fingerprint density at radius 2 is 1.83 bits per heavy atom. The predicted molar refractivity (Wildman–Crippen MR) is 72.9 cm³/mol. The van der Waals surface area contributed by atoms with E-state index in [0.29, 0.717) is 10.7 Å². The highest BCUT2D eigenvalue weighted by molar-refractivity contribution is 7.80. The van der Waals surface area contributed by atoms with Gasteiger partial charge >= 0.3 is 0 Å². The van der Waals surface area contributed by atoms with E-state index in [1.54, 1.807) is 24.5 Å².